The van der Waals surface area contributed by atoms with E-state index in [1.54, 1.807) is 6.07 Å². The first-order valence-electron chi connectivity index (χ1n) is 6.64. The van der Waals surface area contributed by atoms with Crippen LogP contribution < -0.4 is 0 Å². The standard InChI is InChI=1S/C18H23OP/c1-6-18(20-5)15(4)12-13(2)11-14(3)16-9-7-8-10-17(16)19/h6-11,19-20H,1,3,12H2,2,4-5H3/b13-11-,18-15+. The van der Waals surface area contributed by atoms with E-state index in [4.69, 9.17) is 0 Å². The average molecular weight is 286 g/mol. The Morgan fingerprint density at radius 3 is 2.50 bits per heavy atom. The molecule has 0 radical (unpaired) electrons. The number of phenols is 1. The Morgan fingerprint density at radius 2 is 1.95 bits per heavy atom. The van der Waals surface area contributed by atoms with E-state index in [1.807, 2.05) is 30.4 Å². The fraction of sp³-hybridized carbons (Fsp3) is 0.222. The summed E-state index contributed by atoms with van der Waals surface area (Å²) in [5.41, 5.74) is 4.20. The lowest BCUT2D eigenvalue weighted by Gasteiger charge is -2.09. The van der Waals surface area contributed by atoms with E-state index in [0.29, 0.717) is 0 Å². The molecule has 0 bridgehead atoms. The summed E-state index contributed by atoms with van der Waals surface area (Å²) >= 11 is 0. The highest BCUT2D eigenvalue weighted by Crippen LogP contribution is 2.29. The molecule has 0 aliphatic heterocycles. The molecular weight excluding hydrogens is 263 g/mol. The van der Waals surface area contributed by atoms with Crippen LogP contribution in [0.3, 0.4) is 0 Å². The smallest absolute Gasteiger partial charge is 0.123 e. The molecule has 1 aromatic carbocycles. The molecule has 106 valence electrons. The maximum absolute atomic E-state index is 9.83. The molecule has 1 rings (SSSR count). The second kappa shape index (κ2) is 7.87. The summed E-state index contributed by atoms with van der Waals surface area (Å²) in [7, 11) is 0.767. The van der Waals surface area contributed by atoms with E-state index >= 15 is 0 Å². The topological polar surface area (TPSA) is 20.2 Å². The summed E-state index contributed by atoms with van der Waals surface area (Å²) in [6.07, 6.45) is 4.89. The van der Waals surface area contributed by atoms with Gasteiger partial charge in [0.1, 0.15) is 5.75 Å². The lowest BCUT2D eigenvalue weighted by Crippen LogP contribution is -1.86. The Balaban J connectivity index is 2.90. The van der Waals surface area contributed by atoms with Gasteiger partial charge >= 0.3 is 0 Å². The van der Waals surface area contributed by atoms with Crippen molar-refractivity contribution in [3.8, 4) is 5.75 Å². The van der Waals surface area contributed by atoms with Crippen LogP contribution in [0.25, 0.3) is 5.57 Å². The molecule has 0 aliphatic rings. The van der Waals surface area contributed by atoms with Gasteiger partial charge < -0.3 is 5.11 Å². The van der Waals surface area contributed by atoms with Gasteiger partial charge in [-0.3, -0.25) is 0 Å². The Bertz CT molecular complexity index is 565. The highest BCUT2D eigenvalue weighted by atomic mass is 31.1. The van der Waals surface area contributed by atoms with Gasteiger partial charge in [-0.1, -0.05) is 63.2 Å². The number of hydrogen-bond acceptors (Lipinski definition) is 1. The number of aromatic hydroxyl groups is 1. The SMILES string of the molecule is C=C/C(PC)=C(/C)C/C(C)=C\C(=C)c1ccccc1O. The molecule has 0 spiro atoms. The summed E-state index contributed by atoms with van der Waals surface area (Å²) in [6, 6.07) is 7.28. The molecule has 1 nitrogen and oxygen atoms in total. The van der Waals surface area contributed by atoms with Gasteiger partial charge in [-0.2, -0.15) is 0 Å². The predicted molar refractivity (Wildman–Crippen MR) is 92.7 cm³/mol. The van der Waals surface area contributed by atoms with Crippen LogP contribution in [0.1, 0.15) is 25.8 Å². The fourth-order valence-corrected chi connectivity index (χ4v) is 2.89. The maximum atomic E-state index is 9.83. The Labute approximate surface area is 124 Å². The summed E-state index contributed by atoms with van der Waals surface area (Å²) in [6.45, 7) is 14.3. The first-order chi connectivity index (χ1) is 9.49. The molecule has 1 aromatic rings. The van der Waals surface area contributed by atoms with Gasteiger partial charge in [-0.05, 0) is 43.9 Å². The van der Waals surface area contributed by atoms with E-state index < -0.39 is 0 Å². The number of hydrogen-bond donors (Lipinski definition) is 1. The second-order valence-corrected chi connectivity index (χ2v) is 5.90. The highest BCUT2D eigenvalue weighted by molar-refractivity contribution is 7.42. The zero-order valence-electron chi connectivity index (χ0n) is 12.5. The normalized spacial score (nSPS) is 13.4. The molecule has 0 amide bonds. The molecule has 0 saturated carbocycles. The van der Waals surface area contributed by atoms with Gasteiger partial charge in [0.05, 0.1) is 0 Å². The van der Waals surface area contributed by atoms with Crippen molar-refractivity contribution in [3.05, 3.63) is 71.6 Å². The second-order valence-electron chi connectivity index (χ2n) is 4.86. The summed E-state index contributed by atoms with van der Waals surface area (Å²) in [5.74, 6) is 0.274. The minimum absolute atomic E-state index is 0.274. The molecule has 0 heterocycles. The monoisotopic (exact) mass is 286 g/mol. The molecule has 2 heteroatoms. The van der Waals surface area contributed by atoms with Crippen LogP contribution in [0.15, 0.2) is 66.0 Å². The number of phenolic OH excluding ortho intramolecular Hbond substituents is 1. The van der Waals surface area contributed by atoms with Crippen molar-refractivity contribution in [1.82, 2.24) is 0 Å². The number of benzene rings is 1. The van der Waals surface area contributed by atoms with Crippen molar-refractivity contribution in [2.24, 2.45) is 0 Å². The van der Waals surface area contributed by atoms with Gasteiger partial charge in [-0.25, -0.2) is 0 Å². The minimum Gasteiger partial charge on any atom is -0.507 e. The highest BCUT2D eigenvalue weighted by Gasteiger charge is 2.03. The third kappa shape index (κ3) is 4.51. The van der Waals surface area contributed by atoms with Gasteiger partial charge in [-0.15, -0.1) is 0 Å². The van der Waals surface area contributed by atoms with E-state index in [9.17, 15) is 5.11 Å². The quantitative estimate of drug-likeness (QED) is 0.540. The Morgan fingerprint density at radius 1 is 1.30 bits per heavy atom. The fourth-order valence-electron chi connectivity index (χ4n) is 2.17. The Kier molecular flexibility index (Phi) is 6.48. The van der Waals surface area contributed by atoms with Crippen molar-refractivity contribution in [3.63, 3.8) is 0 Å². The average Bonchev–Trinajstić information content (AvgIpc) is 2.40. The molecular formula is C18H23OP. The van der Waals surface area contributed by atoms with Gasteiger partial charge in [0.2, 0.25) is 0 Å². The van der Waals surface area contributed by atoms with Crippen molar-refractivity contribution in [1.29, 1.82) is 0 Å². The van der Waals surface area contributed by atoms with E-state index in [1.165, 1.54) is 16.5 Å². The maximum Gasteiger partial charge on any atom is 0.123 e. The van der Waals surface area contributed by atoms with Crippen molar-refractivity contribution < 1.29 is 5.11 Å². The van der Waals surface area contributed by atoms with E-state index in [2.05, 4.69) is 33.7 Å². The third-order valence-electron chi connectivity index (χ3n) is 3.15. The zero-order chi connectivity index (χ0) is 15.1. The third-order valence-corrected chi connectivity index (χ3v) is 4.32. The molecule has 0 aliphatic carbocycles. The van der Waals surface area contributed by atoms with Gasteiger partial charge in [0.25, 0.3) is 0 Å². The lowest BCUT2D eigenvalue weighted by atomic mass is 10.0. The van der Waals surface area contributed by atoms with Crippen LogP contribution in [-0.4, -0.2) is 11.8 Å². The Hall–Kier alpha value is -1.59. The number of para-hydroxylation sites is 1. The van der Waals surface area contributed by atoms with E-state index in [-0.39, 0.29) is 5.75 Å². The van der Waals surface area contributed by atoms with Crippen LogP contribution in [0.4, 0.5) is 0 Å². The molecule has 20 heavy (non-hydrogen) atoms. The molecule has 1 N–H and O–H groups in total. The van der Waals surface area contributed by atoms with Crippen molar-refractivity contribution >= 4 is 14.2 Å². The van der Waals surface area contributed by atoms with Crippen LogP contribution >= 0.6 is 8.58 Å². The molecule has 0 fully saturated rings. The van der Waals surface area contributed by atoms with Crippen LogP contribution in [0.5, 0.6) is 5.75 Å². The zero-order valence-corrected chi connectivity index (χ0v) is 13.5. The number of allylic oxidation sites excluding steroid dienone is 6. The lowest BCUT2D eigenvalue weighted by molar-refractivity contribution is 0.474. The summed E-state index contributed by atoms with van der Waals surface area (Å²) < 4.78 is 0. The minimum atomic E-state index is 0.274. The van der Waals surface area contributed by atoms with Crippen molar-refractivity contribution in [2.75, 3.05) is 6.66 Å². The van der Waals surface area contributed by atoms with Gasteiger partial charge in [0.15, 0.2) is 0 Å². The molecule has 1 unspecified atom stereocenters. The summed E-state index contributed by atoms with van der Waals surface area (Å²) in [5, 5.41) is 11.2. The summed E-state index contributed by atoms with van der Waals surface area (Å²) in [4.78, 5) is 0. The predicted octanol–water partition coefficient (Wildman–Crippen LogP) is 5.51. The molecule has 1 atom stereocenters. The first-order valence-corrected chi connectivity index (χ1v) is 8.14. The van der Waals surface area contributed by atoms with E-state index in [0.717, 1.165) is 26.1 Å². The first kappa shape index (κ1) is 16.5. The van der Waals surface area contributed by atoms with Crippen LogP contribution in [0, 0.1) is 0 Å². The van der Waals surface area contributed by atoms with Crippen LogP contribution in [-0.2, 0) is 0 Å². The molecule has 0 saturated heterocycles. The van der Waals surface area contributed by atoms with Gasteiger partial charge in [0, 0.05) is 5.56 Å². The van der Waals surface area contributed by atoms with Crippen molar-refractivity contribution in [2.45, 2.75) is 20.3 Å². The van der Waals surface area contributed by atoms with Crippen LogP contribution in [0.2, 0.25) is 0 Å². The largest absolute Gasteiger partial charge is 0.507 e. The molecule has 0 aromatic heterocycles. The number of rotatable bonds is 6.